The van der Waals surface area contributed by atoms with Crippen LogP contribution in [0, 0.1) is 5.82 Å². The van der Waals surface area contributed by atoms with Gasteiger partial charge in [-0.3, -0.25) is 4.79 Å². The Balaban J connectivity index is 3.00. The molecule has 1 atom stereocenters. The average molecular weight is 277 g/mol. The summed E-state index contributed by atoms with van der Waals surface area (Å²) in [5.41, 5.74) is 0.541. The van der Waals surface area contributed by atoms with E-state index in [1.807, 2.05) is 0 Å². The fourth-order valence-corrected chi connectivity index (χ4v) is 1.70. The second-order valence-electron chi connectivity index (χ2n) is 3.33. The molecule has 0 spiro atoms. The zero-order valence-electron chi connectivity index (χ0n) is 8.00. The summed E-state index contributed by atoms with van der Waals surface area (Å²) in [6, 6.07) is 2.67. The van der Waals surface area contributed by atoms with Gasteiger partial charge in [0.05, 0.1) is 10.9 Å². The summed E-state index contributed by atoms with van der Waals surface area (Å²) in [5, 5.41) is 17.7. The van der Waals surface area contributed by atoms with Crippen molar-refractivity contribution in [2.45, 2.75) is 19.3 Å². The fourth-order valence-electron chi connectivity index (χ4n) is 1.25. The first-order valence-corrected chi connectivity index (χ1v) is 5.10. The van der Waals surface area contributed by atoms with Gasteiger partial charge in [0.25, 0.3) is 0 Å². The van der Waals surface area contributed by atoms with Gasteiger partial charge in [-0.25, -0.2) is 4.39 Å². The minimum absolute atomic E-state index is 0.0728. The Labute approximate surface area is 94.7 Å². The monoisotopic (exact) mass is 276 g/mol. The summed E-state index contributed by atoms with van der Waals surface area (Å²) >= 11 is 2.99. The number of carboxylic acids is 1. The summed E-state index contributed by atoms with van der Waals surface area (Å²) in [5.74, 6) is -2.45. The van der Waals surface area contributed by atoms with Crippen molar-refractivity contribution in [1.29, 1.82) is 0 Å². The van der Waals surface area contributed by atoms with Gasteiger partial charge in [0.1, 0.15) is 0 Å². The van der Waals surface area contributed by atoms with Crippen LogP contribution in [0.25, 0.3) is 0 Å². The maximum atomic E-state index is 13.1. The fraction of sp³-hybridized carbons (Fsp3) is 0.300. The molecule has 0 aromatic heterocycles. The molecule has 1 rings (SSSR count). The average Bonchev–Trinajstić information content (AvgIpc) is 2.12. The molecular weight excluding hydrogens is 267 g/mol. The Morgan fingerprint density at radius 1 is 1.60 bits per heavy atom. The summed E-state index contributed by atoms with van der Waals surface area (Å²) in [4.78, 5) is 10.5. The molecule has 0 bridgehead atoms. The van der Waals surface area contributed by atoms with Crippen LogP contribution >= 0.6 is 15.9 Å². The minimum Gasteiger partial charge on any atom is -0.504 e. The summed E-state index contributed by atoms with van der Waals surface area (Å²) < 4.78 is 13.3. The number of halogens is 2. The van der Waals surface area contributed by atoms with Gasteiger partial charge in [0.2, 0.25) is 0 Å². The van der Waals surface area contributed by atoms with Gasteiger partial charge in [-0.2, -0.15) is 0 Å². The highest BCUT2D eigenvalue weighted by Gasteiger charge is 2.14. The molecule has 0 aliphatic heterocycles. The molecule has 3 nitrogen and oxygen atoms in total. The molecule has 0 aliphatic rings. The Morgan fingerprint density at radius 2 is 2.20 bits per heavy atom. The number of hydrogen-bond acceptors (Lipinski definition) is 2. The summed E-state index contributed by atoms with van der Waals surface area (Å²) in [6.07, 6.45) is -0.0728. The van der Waals surface area contributed by atoms with E-state index in [9.17, 15) is 9.18 Å². The van der Waals surface area contributed by atoms with E-state index in [1.54, 1.807) is 6.92 Å². The number of phenols is 1. The lowest BCUT2D eigenvalue weighted by molar-refractivity contribution is -0.137. The van der Waals surface area contributed by atoms with Gasteiger partial charge in [-0.15, -0.1) is 0 Å². The van der Waals surface area contributed by atoms with Crippen LogP contribution in [0.2, 0.25) is 0 Å². The van der Waals surface area contributed by atoms with Crippen LogP contribution in [0.15, 0.2) is 16.6 Å². The second-order valence-corrected chi connectivity index (χ2v) is 4.19. The van der Waals surface area contributed by atoms with Gasteiger partial charge in [-0.05, 0) is 39.5 Å². The van der Waals surface area contributed by atoms with E-state index >= 15 is 0 Å². The first-order chi connectivity index (χ1) is 6.91. The molecule has 0 radical (unpaired) electrons. The van der Waals surface area contributed by atoms with Crippen LogP contribution in [0.5, 0.6) is 5.75 Å². The third-order valence-electron chi connectivity index (χ3n) is 2.09. The van der Waals surface area contributed by atoms with E-state index in [-0.39, 0.29) is 16.8 Å². The number of aliphatic carboxylic acids is 1. The molecule has 15 heavy (non-hydrogen) atoms. The maximum Gasteiger partial charge on any atom is 0.303 e. The van der Waals surface area contributed by atoms with Crippen molar-refractivity contribution in [3.05, 3.63) is 28.0 Å². The first-order valence-electron chi connectivity index (χ1n) is 4.31. The van der Waals surface area contributed by atoms with Crippen LogP contribution in [0.3, 0.4) is 0 Å². The minimum atomic E-state index is -0.938. The molecule has 1 aromatic carbocycles. The molecule has 0 aliphatic carbocycles. The van der Waals surface area contributed by atoms with Crippen LogP contribution < -0.4 is 0 Å². The van der Waals surface area contributed by atoms with E-state index in [1.165, 1.54) is 6.07 Å². The van der Waals surface area contributed by atoms with E-state index in [4.69, 9.17) is 10.2 Å². The standard InChI is InChI=1S/C10H10BrFO3/c1-5(2-9(13)14)6-3-7(11)10(15)8(12)4-6/h3-5,15H,2H2,1H3,(H,13,14). The lowest BCUT2D eigenvalue weighted by Gasteiger charge is -2.10. The van der Waals surface area contributed by atoms with Gasteiger partial charge in [-0.1, -0.05) is 6.92 Å². The number of benzene rings is 1. The van der Waals surface area contributed by atoms with E-state index in [2.05, 4.69) is 15.9 Å². The lowest BCUT2D eigenvalue weighted by atomic mass is 9.98. The molecular formula is C10H10BrFO3. The number of aromatic hydroxyl groups is 1. The highest BCUT2D eigenvalue weighted by Crippen LogP contribution is 2.31. The predicted octanol–water partition coefficient (Wildman–Crippen LogP) is 2.87. The lowest BCUT2D eigenvalue weighted by Crippen LogP contribution is -2.03. The zero-order chi connectivity index (χ0) is 11.6. The van der Waals surface area contributed by atoms with E-state index < -0.39 is 17.5 Å². The Hall–Kier alpha value is -1.10. The van der Waals surface area contributed by atoms with Crippen LogP contribution in [0.4, 0.5) is 4.39 Å². The predicted molar refractivity (Wildman–Crippen MR) is 56.4 cm³/mol. The molecule has 1 unspecified atom stereocenters. The summed E-state index contributed by atoms with van der Waals surface area (Å²) in [6.45, 7) is 1.69. The number of phenolic OH excluding ortho intramolecular Hbond substituents is 1. The molecule has 1 aromatic rings. The van der Waals surface area contributed by atoms with Crippen LogP contribution in [-0.2, 0) is 4.79 Å². The molecule has 5 heteroatoms. The molecule has 2 N–H and O–H groups in total. The number of hydrogen-bond donors (Lipinski definition) is 2. The second kappa shape index (κ2) is 4.61. The van der Waals surface area contributed by atoms with Crippen molar-refractivity contribution < 1.29 is 19.4 Å². The van der Waals surface area contributed by atoms with Crippen molar-refractivity contribution in [2.24, 2.45) is 0 Å². The quantitative estimate of drug-likeness (QED) is 0.893. The van der Waals surface area contributed by atoms with Crippen molar-refractivity contribution in [3.8, 4) is 5.75 Å². The third-order valence-corrected chi connectivity index (χ3v) is 2.69. The number of rotatable bonds is 3. The zero-order valence-corrected chi connectivity index (χ0v) is 9.58. The summed E-state index contributed by atoms with van der Waals surface area (Å²) in [7, 11) is 0. The molecule has 0 amide bonds. The van der Waals surface area contributed by atoms with Crippen molar-refractivity contribution >= 4 is 21.9 Å². The van der Waals surface area contributed by atoms with Crippen molar-refractivity contribution in [3.63, 3.8) is 0 Å². The van der Waals surface area contributed by atoms with Gasteiger partial charge >= 0.3 is 5.97 Å². The van der Waals surface area contributed by atoms with E-state index in [0.717, 1.165) is 6.07 Å². The van der Waals surface area contributed by atoms with Gasteiger partial charge in [0.15, 0.2) is 11.6 Å². The Bertz CT molecular complexity index is 369. The van der Waals surface area contributed by atoms with Gasteiger partial charge in [0, 0.05) is 0 Å². The van der Waals surface area contributed by atoms with Crippen LogP contribution in [-0.4, -0.2) is 16.2 Å². The highest BCUT2D eigenvalue weighted by atomic mass is 79.9. The molecule has 0 saturated carbocycles. The third kappa shape index (κ3) is 2.92. The Morgan fingerprint density at radius 3 is 2.67 bits per heavy atom. The largest absolute Gasteiger partial charge is 0.504 e. The molecule has 82 valence electrons. The maximum absolute atomic E-state index is 13.1. The Kier molecular flexibility index (Phi) is 3.68. The topological polar surface area (TPSA) is 57.5 Å². The van der Waals surface area contributed by atoms with Crippen molar-refractivity contribution in [2.75, 3.05) is 0 Å². The normalized spacial score (nSPS) is 12.5. The van der Waals surface area contributed by atoms with Crippen LogP contribution in [0.1, 0.15) is 24.8 Å². The smallest absolute Gasteiger partial charge is 0.303 e. The van der Waals surface area contributed by atoms with E-state index in [0.29, 0.717) is 5.56 Å². The molecule has 0 saturated heterocycles. The molecule has 0 heterocycles. The van der Waals surface area contributed by atoms with Gasteiger partial charge < -0.3 is 10.2 Å². The number of carboxylic acid groups (broad SMARTS) is 1. The number of carbonyl (C=O) groups is 1. The highest BCUT2D eigenvalue weighted by molar-refractivity contribution is 9.10. The SMILES string of the molecule is CC(CC(=O)O)c1cc(F)c(O)c(Br)c1. The first kappa shape index (κ1) is 12.0. The molecule has 0 fully saturated rings. The van der Waals surface area contributed by atoms with Crippen molar-refractivity contribution in [1.82, 2.24) is 0 Å².